The maximum absolute atomic E-state index is 11.2. The van der Waals surface area contributed by atoms with Gasteiger partial charge in [-0.1, -0.05) is 60.1 Å². The van der Waals surface area contributed by atoms with Crippen molar-refractivity contribution in [2.45, 2.75) is 13.8 Å². The van der Waals surface area contributed by atoms with Gasteiger partial charge in [-0.15, -0.1) is 0 Å². The zero-order chi connectivity index (χ0) is 13.8. The lowest BCUT2D eigenvalue weighted by Gasteiger charge is -2.10. The van der Waals surface area contributed by atoms with E-state index in [1.165, 1.54) is 0 Å². The van der Waals surface area contributed by atoms with Crippen LogP contribution in [0.2, 0.25) is 5.02 Å². The molecule has 2 heteroatoms. The van der Waals surface area contributed by atoms with Crippen molar-refractivity contribution in [1.29, 1.82) is 0 Å². The van der Waals surface area contributed by atoms with Crippen molar-refractivity contribution in [3.05, 3.63) is 65.2 Å². The molecule has 0 radical (unpaired) electrons. The molecule has 0 aliphatic heterocycles. The van der Waals surface area contributed by atoms with Gasteiger partial charge in [-0.05, 0) is 36.6 Å². The summed E-state index contributed by atoms with van der Waals surface area (Å²) < 4.78 is 0. The highest BCUT2D eigenvalue weighted by Crippen LogP contribution is 2.33. The number of hydrogen-bond donors (Lipinski definition) is 0. The van der Waals surface area contributed by atoms with Gasteiger partial charge < -0.3 is 0 Å². The molecular formula is C17H15ClO. The van der Waals surface area contributed by atoms with Crippen LogP contribution in [0.15, 0.2) is 54.6 Å². The Bertz CT molecular complexity index is 627. The van der Waals surface area contributed by atoms with Crippen LogP contribution in [-0.4, -0.2) is 5.78 Å². The van der Waals surface area contributed by atoms with Crippen LogP contribution >= 0.6 is 11.6 Å². The summed E-state index contributed by atoms with van der Waals surface area (Å²) in [4.78, 5) is 11.2. The van der Waals surface area contributed by atoms with Crippen LogP contribution in [0.4, 0.5) is 0 Å². The minimum Gasteiger partial charge on any atom is -0.295 e. The quantitative estimate of drug-likeness (QED) is 0.718. The molecule has 0 saturated heterocycles. The second-order valence-electron chi connectivity index (χ2n) is 4.47. The van der Waals surface area contributed by atoms with Gasteiger partial charge in [-0.2, -0.15) is 0 Å². The Morgan fingerprint density at radius 2 is 1.68 bits per heavy atom. The molecule has 0 saturated carbocycles. The summed E-state index contributed by atoms with van der Waals surface area (Å²) in [6, 6.07) is 15.9. The Kier molecular flexibility index (Phi) is 4.18. The van der Waals surface area contributed by atoms with E-state index in [1.54, 1.807) is 13.0 Å². The Balaban J connectivity index is 2.53. The van der Waals surface area contributed by atoms with Crippen LogP contribution < -0.4 is 0 Å². The smallest absolute Gasteiger partial charge is 0.152 e. The van der Waals surface area contributed by atoms with Gasteiger partial charge in [0.05, 0.1) is 5.02 Å². The summed E-state index contributed by atoms with van der Waals surface area (Å²) in [6.07, 6.45) is 1.61. The van der Waals surface area contributed by atoms with Gasteiger partial charge >= 0.3 is 0 Å². The minimum atomic E-state index is 0.0266. The fraction of sp³-hybridized carbons (Fsp3) is 0.118. The predicted molar refractivity (Wildman–Crippen MR) is 81.2 cm³/mol. The molecule has 0 aromatic heterocycles. The number of hydrogen-bond acceptors (Lipinski definition) is 1. The third kappa shape index (κ3) is 3.12. The van der Waals surface area contributed by atoms with Gasteiger partial charge in [0, 0.05) is 5.56 Å². The van der Waals surface area contributed by atoms with E-state index in [0.717, 1.165) is 22.3 Å². The molecule has 0 heterocycles. The normalized spacial score (nSPS) is 11.4. The highest BCUT2D eigenvalue weighted by Gasteiger charge is 2.09. The predicted octanol–water partition coefficient (Wildman–Crippen LogP) is 5.00. The number of ketones is 1. The summed E-state index contributed by atoms with van der Waals surface area (Å²) >= 11 is 6.47. The van der Waals surface area contributed by atoms with E-state index in [9.17, 15) is 4.79 Å². The van der Waals surface area contributed by atoms with Crippen molar-refractivity contribution in [2.24, 2.45) is 0 Å². The number of allylic oxidation sites excluding steroid dienone is 2. The molecule has 2 aromatic rings. The van der Waals surface area contributed by atoms with Gasteiger partial charge in [0.1, 0.15) is 0 Å². The molecule has 0 fully saturated rings. The number of rotatable bonds is 3. The van der Waals surface area contributed by atoms with Crippen molar-refractivity contribution in [2.75, 3.05) is 0 Å². The molecule has 1 nitrogen and oxygen atoms in total. The minimum absolute atomic E-state index is 0.0266. The second kappa shape index (κ2) is 5.85. The van der Waals surface area contributed by atoms with Crippen LogP contribution in [-0.2, 0) is 4.79 Å². The molecule has 0 aliphatic rings. The Morgan fingerprint density at radius 3 is 2.32 bits per heavy atom. The van der Waals surface area contributed by atoms with Gasteiger partial charge in [-0.25, -0.2) is 0 Å². The molecule has 0 spiro atoms. The average Bonchev–Trinajstić information content (AvgIpc) is 2.39. The van der Waals surface area contributed by atoms with E-state index in [-0.39, 0.29) is 5.78 Å². The van der Waals surface area contributed by atoms with Gasteiger partial charge in [0.15, 0.2) is 5.78 Å². The van der Waals surface area contributed by atoms with E-state index in [4.69, 9.17) is 11.6 Å². The monoisotopic (exact) mass is 270 g/mol. The number of carbonyl (C=O) groups excluding carboxylic acids is 1. The standard InChI is InChI=1S/C17H15ClO/c1-12(11-13(2)19)15-9-6-10-16(17(15)18)14-7-4-3-5-8-14/h3-11H,1-2H3. The van der Waals surface area contributed by atoms with Crippen LogP contribution in [0.1, 0.15) is 19.4 Å². The summed E-state index contributed by atoms with van der Waals surface area (Å²) in [5.41, 5.74) is 3.84. The zero-order valence-electron chi connectivity index (χ0n) is 11.0. The third-order valence-corrected chi connectivity index (χ3v) is 3.34. The highest BCUT2D eigenvalue weighted by atomic mass is 35.5. The maximum atomic E-state index is 11.2. The van der Waals surface area contributed by atoms with Crippen molar-refractivity contribution < 1.29 is 4.79 Å². The van der Waals surface area contributed by atoms with Gasteiger partial charge in [0.2, 0.25) is 0 Å². The lowest BCUT2D eigenvalue weighted by molar-refractivity contribution is -0.112. The van der Waals surface area contributed by atoms with E-state index >= 15 is 0 Å². The molecule has 0 bridgehead atoms. The first kappa shape index (κ1) is 13.6. The van der Waals surface area contributed by atoms with Crippen molar-refractivity contribution in [3.63, 3.8) is 0 Å². The molecule has 2 aromatic carbocycles. The molecule has 0 amide bonds. The fourth-order valence-electron chi connectivity index (χ4n) is 2.06. The van der Waals surface area contributed by atoms with Crippen molar-refractivity contribution >= 4 is 23.0 Å². The largest absolute Gasteiger partial charge is 0.295 e. The van der Waals surface area contributed by atoms with Crippen LogP contribution in [0.5, 0.6) is 0 Å². The van der Waals surface area contributed by atoms with E-state index in [2.05, 4.69) is 0 Å². The second-order valence-corrected chi connectivity index (χ2v) is 4.85. The fourth-order valence-corrected chi connectivity index (χ4v) is 2.44. The van der Waals surface area contributed by atoms with Crippen LogP contribution in [0.25, 0.3) is 16.7 Å². The van der Waals surface area contributed by atoms with Crippen molar-refractivity contribution in [3.8, 4) is 11.1 Å². The number of benzene rings is 2. The molecule has 2 rings (SSSR count). The van der Waals surface area contributed by atoms with E-state index < -0.39 is 0 Å². The first-order valence-corrected chi connectivity index (χ1v) is 6.50. The third-order valence-electron chi connectivity index (χ3n) is 2.93. The Morgan fingerprint density at radius 1 is 1.00 bits per heavy atom. The first-order valence-electron chi connectivity index (χ1n) is 6.13. The SMILES string of the molecule is CC(=O)C=C(C)c1cccc(-c2ccccc2)c1Cl. The molecule has 19 heavy (non-hydrogen) atoms. The van der Waals surface area contributed by atoms with Gasteiger partial charge in [0.25, 0.3) is 0 Å². The Labute approximate surface area is 118 Å². The average molecular weight is 271 g/mol. The van der Waals surface area contributed by atoms with E-state index in [0.29, 0.717) is 5.02 Å². The summed E-state index contributed by atoms with van der Waals surface area (Å²) in [5.74, 6) is 0.0266. The molecule has 0 atom stereocenters. The molecule has 96 valence electrons. The van der Waals surface area contributed by atoms with E-state index in [1.807, 2.05) is 55.5 Å². The zero-order valence-corrected chi connectivity index (χ0v) is 11.7. The number of carbonyl (C=O) groups is 1. The summed E-state index contributed by atoms with van der Waals surface area (Å²) in [6.45, 7) is 3.44. The summed E-state index contributed by atoms with van der Waals surface area (Å²) in [7, 11) is 0. The molecular weight excluding hydrogens is 256 g/mol. The Hall–Kier alpha value is -1.86. The summed E-state index contributed by atoms with van der Waals surface area (Å²) in [5, 5.41) is 0.684. The maximum Gasteiger partial charge on any atom is 0.152 e. The topological polar surface area (TPSA) is 17.1 Å². The van der Waals surface area contributed by atoms with Crippen LogP contribution in [0.3, 0.4) is 0 Å². The van der Waals surface area contributed by atoms with Crippen LogP contribution in [0, 0.1) is 0 Å². The lowest BCUT2D eigenvalue weighted by Crippen LogP contribution is -1.89. The first-order chi connectivity index (χ1) is 9.09. The highest BCUT2D eigenvalue weighted by molar-refractivity contribution is 6.35. The molecule has 0 aliphatic carbocycles. The molecule has 0 N–H and O–H groups in total. The lowest BCUT2D eigenvalue weighted by atomic mass is 9.99. The molecule has 0 unspecified atom stereocenters. The van der Waals surface area contributed by atoms with Gasteiger partial charge in [-0.3, -0.25) is 4.79 Å². The number of halogens is 1. The van der Waals surface area contributed by atoms with Crippen molar-refractivity contribution in [1.82, 2.24) is 0 Å².